The second-order valence-corrected chi connectivity index (χ2v) is 14.4. The molecule has 0 spiro atoms. The van der Waals surface area contributed by atoms with Crippen LogP contribution in [0, 0.1) is 5.82 Å². The number of nitrogens with one attached hydrogen (secondary N) is 2. The van der Waals surface area contributed by atoms with Crippen LogP contribution in [0.2, 0.25) is 0 Å². The van der Waals surface area contributed by atoms with E-state index in [1.165, 1.54) is 44.4 Å². The lowest BCUT2D eigenvalue weighted by atomic mass is 9.97. The predicted molar refractivity (Wildman–Crippen MR) is 175 cm³/mol. The van der Waals surface area contributed by atoms with Gasteiger partial charge in [0.15, 0.2) is 5.58 Å². The average Bonchev–Trinajstić information content (AvgIpc) is 3.60. The van der Waals surface area contributed by atoms with E-state index >= 15 is 0 Å². The molecule has 0 aliphatic carbocycles. The Labute approximate surface area is 263 Å². The Morgan fingerprint density at radius 2 is 1.57 bits per heavy atom. The Bertz CT molecular complexity index is 2380. The number of rotatable bonds is 8. The molecule has 6 rings (SSSR count). The lowest BCUT2D eigenvalue weighted by Crippen LogP contribution is -2.25. The van der Waals surface area contributed by atoms with Crippen LogP contribution in [0.4, 0.5) is 15.8 Å². The molecule has 0 bridgehead atoms. The van der Waals surface area contributed by atoms with E-state index in [2.05, 4.69) is 15.0 Å². The van der Waals surface area contributed by atoms with Crippen LogP contribution in [0.1, 0.15) is 10.4 Å². The van der Waals surface area contributed by atoms with Crippen molar-refractivity contribution in [2.75, 3.05) is 35.6 Å². The lowest BCUT2D eigenvalue weighted by molar-refractivity contribution is 0.0964. The van der Waals surface area contributed by atoms with Gasteiger partial charge in [-0.3, -0.25) is 13.8 Å². The standard InChI is InChI=1S/C32H27FN4O7S2/c1-34-31(38)29-24-16-23(26(37(2)46(4,41)42)17-27(24)43-30(29)18-8-10-21(33)11-9-18)19-6-5-7-20(14-19)32-35-25-13-12-22(15-28(25)44-32)36-45(3,39)40/h5-17,36H,1-4H3,(H,34,38). The van der Waals surface area contributed by atoms with Crippen molar-refractivity contribution in [2.24, 2.45) is 0 Å². The number of anilines is 2. The summed E-state index contributed by atoms with van der Waals surface area (Å²) in [4.78, 5) is 17.7. The Balaban J connectivity index is 1.54. The maximum Gasteiger partial charge on any atom is 0.255 e. The predicted octanol–water partition coefficient (Wildman–Crippen LogP) is 5.84. The molecule has 236 valence electrons. The molecular formula is C32H27FN4O7S2. The van der Waals surface area contributed by atoms with Crippen LogP contribution < -0.4 is 14.3 Å². The van der Waals surface area contributed by atoms with Crippen molar-refractivity contribution in [1.82, 2.24) is 10.3 Å². The monoisotopic (exact) mass is 662 g/mol. The molecule has 1 amide bonds. The summed E-state index contributed by atoms with van der Waals surface area (Å²) in [6.45, 7) is 0. The number of sulfonamides is 2. The van der Waals surface area contributed by atoms with Gasteiger partial charge in [0.1, 0.15) is 22.7 Å². The number of fused-ring (bicyclic) bond motifs is 2. The van der Waals surface area contributed by atoms with Gasteiger partial charge in [0, 0.05) is 48.3 Å². The van der Waals surface area contributed by atoms with Gasteiger partial charge in [-0.1, -0.05) is 12.1 Å². The van der Waals surface area contributed by atoms with Crippen LogP contribution in [0.15, 0.2) is 87.7 Å². The molecule has 0 aliphatic rings. The van der Waals surface area contributed by atoms with Gasteiger partial charge in [0.05, 0.1) is 29.4 Å². The summed E-state index contributed by atoms with van der Waals surface area (Å²) in [5, 5.41) is 3.04. The number of hydrogen-bond donors (Lipinski definition) is 2. The summed E-state index contributed by atoms with van der Waals surface area (Å²) in [5.41, 5.74) is 3.98. The van der Waals surface area contributed by atoms with Crippen LogP contribution in [0.3, 0.4) is 0 Å². The number of carbonyl (C=O) groups is 1. The second-order valence-electron chi connectivity index (χ2n) is 10.6. The molecule has 0 fully saturated rings. The van der Waals surface area contributed by atoms with Gasteiger partial charge in [0.2, 0.25) is 25.9 Å². The fourth-order valence-corrected chi connectivity index (χ4v) is 6.17. The minimum Gasteiger partial charge on any atom is -0.455 e. The molecule has 0 radical (unpaired) electrons. The average molecular weight is 663 g/mol. The van der Waals surface area contributed by atoms with Crippen LogP contribution in [-0.2, 0) is 20.0 Å². The lowest BCUT2D eigenvalue weighted by Gasteiger charge is -2.21. The Morgan fingerprint density at radius 1 is 0.848 bits per heavy atom. The third-order valence-electron chi connectivity index (χ3n) is 7.32. The number of oxazole rings is 1. The molecule has 0 saturated heterocycles. The summed E-state index contributed by atoms with van der Waals surface area (Å²) in [7, 11) is -4.35. The number of amides is 1. The number of furan rings is 1. The molecule has 2 aromatic heterocycles. The van der Waals surface area contributed by atoms with E-state index < -0.39 is 31.8 Å². The SMILES string of the molecule is CNC(=O)c1c(-c2ccc(F)cc2)oc2cc(N(C)S(C)(=O)=O)c(-c3cccc(-c4nc5ccc(NS(C)(=O)=O)cc5o4)c3)cc12. The van der Waals surface area contributed by atoms with Crippen LogP contribution >= 0.6 is 0 Å². The number of nitrogens with zero attached hydrogens (tertiary/aromatic N) is 2. The van der Waals surface area contributed by atoms with Crippen molar-refractivity contribution in [2.45, 2.75) is 0 Å². The Morgan fingerprint density at radius 3 is 2.24 bits per heavy atom. The van der Waals surface area contributed by atoms with E-state index in [0.29, 0.717) is 44.4 Å². The van der Waals surface area contributed by atoms with E-state index in [-0.39, 0.29) is 28.5 Å². The third kappa shape index (κ3) is 5.91. The van der Waals surface area contributed by atoms with Crippen molar-refractivity contribution in [3.63, 3.8) is 0 Å². The molecule has 11 nitrogen and oxygen atoms in total. The number of carbonyl (C=O) groups excluding carboxylic acids is 1. The van der Waals surface area contributed by atoms with Crippen LogP contribution in [0.5, 0.6) is 0 Å². The number of halogens is 1. The molecule has 0 aliphatic heterocycles. The molecule has 0 saturated carbocycles. The number of aromatic nitrogens is 1. The molecule has 46 heavy (non-hydrogen) atoms. The minimum atomic E-state index is -3.74. The first-order valence-electron chi connectivity index (χ1n) is 13.7. The van der Waals surface area contributed by atoms with Crippen molar-refractivity contribution in [1.29, 1.82) is 0 Å². The topological polar surface area (TPSA) is 152 Å². The summed E-state index contributed by atoms with van der Waals surface area (Å²) in [6, 6.07) is 20.5. The first kappa shape index (κ1) is 30.8. The number of benzene rings is 4. The molecule has 0 unspecified atom stereocenters. The highest BCUT2D eigenvalue weighted by Crippen LogP contribution is 2.42. The summed E-state index contributed by atoms with van der Waals surface area (Å²) in [5.74, 6) is -0.450. The molecule has 4 aromatic carbocycles. The van der Waals surface area contributed by atoms with E-state index in [4.69, 9.17) is 8.83 Å². The normalized spacial score (nSPS) is 12.0. The molecule has 2 N–H and O–H groups in total. The molecule has 6 aromatic rings. The van der Waals surface area contributed by atoms with Crippen LogP contribution in [0.25, 0.3) is 56.0 Å². The zero-order valence-corrected chi connectivity index (χ0v) is 26.6. The molecule has 2 heterocycles. The zero-order chi connectivity index (χ0) is 33.0. The first-order valence-corrected chi connectivity index (χ1v) is 17.5. The van der Waals surface area contributed by atoms with Gasteiger partial charge in [-0.2, -0.15) is 0 Å². The van der Waals surface area contributed by atoms with Gasteiger partial charge < -0.3 is 14.2 Å². The Hall–Kier alpha value is -5.21. The van der Waals surface area contributed by atoms with E-state index in [1.807, 2.05) is 0 Å². The van der Waals surface area contributed by atoms with Crippen molar-refractivity contribution in [3.05, 3.63) is 90.2 Å². The van der Waals surface area contributed by atoms with Crippen molar-refractivity contribution >= 4 is 59.4 Å². The minimum absolute atomic E-state index is 0.199. The summed E-state index contributed by atoms with van der Waals surface area (Å²) in [6.07, 6.45) is 2.12. The van der Waals surface area contributed by atoms with E-state index in [0.717, 1.165) is 16.8 Å². The van der Waals surface area contributed by atoms with Gasteiger partial charge in [-0.05, 0) is 60.2 Å². The van der Waals surface area contributed by atoms with E-state index in [9.17, 15) is 26.0 Å². The van der Waals surface area contributed by atoms with Gasteiger partial charge in [-0.25, -0.2) is 26.2 Å². The van der Waals surface area contributed by atoms with E-state index in [1.54, 1.807) is 48.5 Å². The maximum absolute atomic E-state index is 13.7. The van der Waals surface area contributed by atoms with Gasteiger partial charge in [0.25, 0.3) is 5.91 Å². The second kappa shape index (κ2) is 11.3. The summed E-state index contributed by atoms with van der Waals surface area (Å²) >= 11 is 0. The highest BCUT2D eigenvalue weighted by atomic mass is 32.2. The quantitative estimate of drug-likeness (QED) is 0.206. The third-order valence-corrected chi connectivity index (χ3v) is 9.11. The maximum atomic E-state index is 13.7. The molecule has 14 heteroatoms. The van der Waals surface area contributed by atoms with Crippen molar-refractivity contribution < 1.29 is 34.9 Å². The first-order chi connectivity index (χ1) is 21.7. The smallest absolute Gasteiger partial charge is 0.255 e. The number of hydrogen-bond acceptors (Lipinski definition) is 8. The zero-order valence-electron chi connectivity index (χ0n) is 25.0. The van der Waals surface area contributed by atoms with Crippen LogP contribution in [-0.4, -0.2) is 54.3 Å². The Kier molecular flexibility index (Phi) is 7.57. The fraction of sp³-hybridized carbons (Fsp3) is 0.125. The van der Waals surface area contributed by atoms with Gasteiger partial charge >= 0.3 is 0 Å². The largest absolute Gasteiger partial charge is 0.455 e. The highest BCUT2D eigenvalue weighted by molar-refractivity contribution is 7.92. The fourth-order valence-electron chi connectivity index (χ4n) is 5.10. The molecular weight excluding hydrogens is 636 g/mol. The molecule has 0 atom stereocenters. The van der Waals surface area contributed by atoms with Gasteiger partial charge in [-0.15, -0.1) is 0 Å². The van der Waals surface area contributed by atoms with Crippen molar-refractivity contribution in [3.8, 4) is 33.9 Å². The summed E-state index contributed by atoms with van der Waals surface area (Å²) < 4.78 is 78.2. The highest BCUT2D eigenvalue weighted by Gasteiger charge is 2.26.